The van der Waals surface area contributed by atoms with Crippen molar-refractivity contribution in [2.45, 2.75) is 23.9 Å². The number of hydrogen-bond acceptors (Lipinski definition) is 8. The van der Waals surface area contributed by atoms with Crippen LogP contribution in [-0.4, -0.2) is 83.1 Å². The average Bonchev–Trinajstić information content (AvgIpc) is 3.15. The second kappa shape index (κ2) is 17.0. The minimum absolute atomic E-state index is 0.132. The standard InChI is InChI=1S/C37H41N3O8S/c1-45-33-18-13-28(25-34(33)46-2)19-20-38-37(42)36(30-11-7-4-8-12-30)40(26-29-9-5-3-6-10-29)35(41)27-48-31-14-16-32(17-15-31)49(43,44)39-21-23-47-24-22-39/h3-18,25,36H,19-24,26-27H2,1-2H3,(H,38,42)/t36-/m0/s1. The quantitative estimate of drug-likeness (QED) is 0.197. The topological polar surface area (TPSA) is 124 Å². The van der Waals surface area contributed by atoms with Crippen molar-refractivity contribution in [2.75, 3.05) is 53.7 Å². The summed E-state index contributed by atoms with van der Waals surface area (Å²) in [5, 5.41) is 3.02. The molecule has 0 aliphatic carbocycles. The average molecular weight is 688 g/mol. The molecule has 1 N–H and O–H groups in total. The monoisotopic (exact) mass is 687 g/mol. The van der Waals surface area contributed by atoms with Gasteiger partial charge in [-0.2, -0.15) is 4.31 Å². The molecule has 1 heterocycles. The van der Waals surface area contributed by atoms with Crippen LogP contribution in [0.15, 0.2) is 108 Å². The van der Waals surface area contributed by atoms with Crippen LogP contribution in [0.25, 0.3) is 0 Å². The Kier molecular flexibility index (Phi) is 12.3. The maximum Gasteiger partial charge on any atom is 0.261 e. The van der Waals surface area contributed by atoms with E-state index in [4.69, 9.17) is 18.9 Å². The molecule has 1 fully saturated rings. The van der Waals surface area contributed by atoms with Gasteiger partial charge in [0, 0.05) is 26.2 Å². The molecular formula is C37H41N3O8S. The predicted molar refractivity (Wildman–Crippen MR) is 184 cm³/mol. The molecule has 1 atom stereocenters. The van der Waals surface area contributed by atoms with Crippen LogP contribution in [0, 0.1) is 0 Å². The van der Waals surface area contributed by atoms with Crippen molar-refractivity contribution in [3.05, 3.63) is 120 Å². The summed E-state index contributed by atoms with van der Waals surface area (Å²) in [6.45, 7) is 1.38. The fourth-order valence-corrected chi connectivity index (χ4v) is 6.95. The number of nitrogens with zero attached hydrogens (tertiary/aromatic N) is 2. The summed E-state index contributed by atoms with van der Waals surface area (Å²) in [7, 11) is -0.530. The van der Waals surface area contributed by atoms with Gasteiger partial charge >= 0.3 is 0 Å². The van der Waals surface area contributed by atoms with Crippen molar-refractivity contribution in [3.63, 3.8) is 0 Å². The Labute approximate surface area is 287 Å². The van der Waals surface area contributed by atoms with Gasteiger partial charge in [-0.3, -0.25) is 9.59 Å². The third kappa shape index (κ3) is 9.17. The summed E-state index contributed by atoms with van der Waals surface area (Å²) in [6, 6.07) is 29.2. The van der Waals surface area contributed by atoms with Crippen LogP contribution in [-0.2, 0) is 37.3 Å². The molecule has 0 bridgehead atoms. The van der Waals surface area contributed by atoms with Gasteiger partial charge in [-0.25, -0.2) is 8.42 Å². The molecule has 49 heavy (non-hydrogen) atoms. The van der Waals surface area contributed by atoms with E-state index in [1.807, 2.05) is 78.9 Å². The Bertz CT molecular complexity index is 1780. The number of morpholine rings is 1. The summed E-state index contributed by atoms with van der Waals surface area (Å²) in [6.07, 6.45) is 0.528. The number of rotatable bonds is 15. The first kappa shape index (κ1) is 35.4. The number of benzene rings is 4. The van der Waals surface area contributed by atoms with E-state index in [-0.39, 0.29) is 24.0 Å². The van der Waals surface area contributed by atoms with Gasteiger partial charge in [-0.1, -0.05) is 66.7 Å². The van der Waals surface area contributed by atoms with Gasteiger partial charge in [-0.05, 0) is 59.5 Å². The zero-order chi connectivity index (χ0) is 34.6. The number of hydrogen-bond donors (Lipinski definition) is 1. The smallest absolute Gasteiger partial charge is 0.261 e. The van der Waals surface area contributed by atoms with E-state index in [1.165, 1.54) is 33.5 Å². The second-order valence-corrected chi connectivity index (χ2v) is 13.3. The van der Waals surface area contributed by atoms with Crippen LogP contribution in [0.1, 0.15) is 22.7 Å². The summed E-state index contributed by atoms with van der Waals surface area (Å²) < 4.78 is 49.3. The number of nitrogens with one attached hydrogen (secondary N) is 1. The molecule has 5 rings (SSSR count). The van der Waals surface area contributed by atoms with Crippen LogP contribution in [0.5, 0.6) is 17.2 Å². The van der Waals surface area contributed by atoms with E-state index >= 15 is 0 Å². The normalized spacial score (nSPS) is 14.0. The van der Waals surface area contributed by atoms with Gasteiger partial charge in [0.25, 0.3) is 5.91 Å². The van der Waals surface area contributed by atoms with Gasteiger partial charge in [-0.15, -0.1) is 0 Å². The first-order chi connectivity index (χ1) is 23.8. The van der Waals surface area contributed by atoms with Crippen molar-refractivity contribution in [1.29, 1.82) is 0 Å². The van der Waals surface area contributed by atoms with Crippen LogP contribution in [0.2, 0.25) is 0 Å². The summed E-state index contributed by atoms with van der Waals surface area (Å²) >= 11 is 0. The Morgan fingerprint density at radius 2 is 1.49 bits per heavy atom. The minimum atomic E-state index is -3.68. The van der Waals surface area contributed by atoms with Crippen molar-refractivity contribution in [3.8, 4) is 17.2 Å². The minimum Gasteiger partial charge on any atom is -0.493 e. The van der Waals surface area contributed by atoms with E-state index < -0.39 is 22.0 Å². The summed E-state index contributed by atoms with van der Waals surface area (Å²) in [4.78, 5) is 29.6. The molecule has 4 aromatic carbocycles. The third-order valence-electron chi connectivity index (χ3n) is 8.15. The summed E-state index contributed by atoms with van der Waals surface area (Å²) in [5.41, 5.74) is 2.43. The van der Waals surface area contributed by atoms with Crippen molar-refractivity contribution in [2.24, 2.45) is 0 Å². The zero-order valence-corrected chi connectivity index (χ0v) is 28.4. The van der Waals surface area contributed by atoms with Crippen LogP contribution >= 0.6 is 0 Å². The van der Waals surface area contributed by atoms with Gasteiger partial charge in [0.05, 0.1) is 32.3 Å². The van der Waals surface area contributed by atoms with E-state index in [0.29, 0.717) is 62.1 Å². The Morgan fingerprint density at radius 3 is 2.14 bits per heavy atom. The number of carbonyl (C=O) groups is 2. The molecule has 0 spiro atoms. The Morgan fingerprint density at radius 1 is 0.837 bits per heavy atom. The second-order valence-electron chi connectivity index (χ2n) is 11.3. The molecule has 4 aromatic rings. The molecule has 1 aliphatic heterocycles. The molecule has 1 aliphatic rings. The first-order valence-electron chi connectivity index (χ1n) is 16.0. The SMILES string of the molecule is COc1ccc(CCNC(=O)[C@H](c2ccccc2)N(Cc2ccccc2)C(=O)COc2ccc(S(=O)(=O)N3CCOCC3)cc2)cc1OC. The lowest BCUT2D eigenvalue weighted by atomic mass is 10.0. The molecule has 0 saturated carbocycles. The summed E-state index contributed by atoms with van der Waals surface area (Å²) in [5.74, 6) is 0.781. The molecule has 0 radical (unpaired) electrons. The van der Waals surface area contributed by atoms with Crippen LogP contribution < -0.4 is 19.5 Å². The lowest BCUT2D eigenvalue weighted by molar-refractivity contribution is -0.143. The molecule has 1 saturated heterocycles. The van der Waals surface area contributed by atoms with E-state index in [9.17, 15) is 18.0 Å². The van der Waals surface area contributed by atoms with Crippen molar-refractivity contribution in [1.82, 2.24) is 14.5 Å². The molecule has 258 valence electrons. The number of amides is 2. The number of ether oxygens (including phenoxy) is 4. The number of carbonyl (C=O) groups excluding carboxylic acids is 2. The highest BCUT2D eigenvalue weighted by Gasteiger charge is 2.32. The molecule has 0 aromatic heterocycles. The highest BCUT2D eigenvalue weighted by molar-refractivity contribution is 7.89. The van der Waals surface area contributed by atoms with Gasteiger partial charge < -0.3 is 29.2 Å². The maximum absolute atomic E-state index is 14.0. The molecule has 12 heteroatoms. The Balaban J connectivity index is 1.33. The van der Waals surface area contributed by atoms with Gasteiger partial charge in [0.1, 0.15) is 11.8 Å². The lowest BCUT2D eigenvalue weighted by Crippen LogP contribution is -2.45. The van der Waals surface area contributed by atoms with Crippen LogP contribution in [0.3, 0.4) is 0 Å². The van der Waals surface area contributed by atoms with E-state index in [0.717, 1.165) is 11.1 Å². The maximum atomic E-state index is 14.0. The highest BCUT2D eigenvalue weighted by atomic mass is 32.2. The third-order valence-corrected chi connectivity index (χ3v) is 10.1. The van der Waals surface area contributed by atoms with Crippen molar-refractivity contribution < 1.29 is 37.0 Å². The van der Waals surface area contributed by atoms with Gasteiger partial charge in [0.2, 0.25) is 15.9 Å². The molecule has 11 nitrogen and oxygen atoms in total. The van der Waals surface area contributed by atoms with E-state index in [2.05, 4.69) is 5.32 Å². The van der Waals surface area contributed by atoms with Gasteiger partial charge in [0.15, 0.2) is 18.1 Å². The molecule has 2 amide bonds. The molecule has 0 unspecified atom stereocenters. The lowest BCUT2D eigenvalue weighted by Gasteiger charge is -2.31. The number of methoxy groups -OCH3 is 2. The first-order valence-corrected chi connectivity index (χ1v) is 17.4. The highest BCUT2D eigenvalue weighted by Crippen LogP contribution is 2.28. The van der Waals surface area contributed by atoms with E-state index in [1.54, 1.807) is 14.2 Å². The zero-order valence-electron chi connectivity index (χ0n) is 27.6. The van der Waals surface area contributed by atoms with Crippen LogP contribution in [0.4, 0.5) is 0 Å². The fraction of sp³-hybridized carbons (Fsp3) is 0.297. The molecular weight excluding hydrogens is 646 g/mol. The largest absolute Gasteiger partial charge is 0.493 e. The Hall–Kier alpha value is -4.91. The fourth-order valence-electron chi connectivity index (χ4n) is 5.55. The predicted octanol–water partition coefficient (Wildman–Crippen LogP) is 4.23. The number of sulfonamides is 1. The van der Waals surface area contributed by atoms with Crippen molar-refractivity contribution >= 4 is 21.8 Å².